The summed E-state index contributed by atoms with van der Waals surface area (Å²) in [5.41, 5.74) is 9.14. The van der Waals surface area contributed by atoms with Gasteiger partial charge in [-0.15, -0.1) is 11.3 Å². The monoisotopic (exact) mass is 671 g/mol. The van der Waals surface area contributed by atoms with E-state index in [9.17, 15) is 9.59 Å². The molecular formula is C34H41N5O4SSi2. The molecule has 0 unspecified atom stereocenters. The van der Waals surface area contributed by atoms with Crippen molar-refractivity contribution in [2.24, 2.45) is 5.41 Å². The molecule has 4 heterocycles. The lowest BCUT2D eigenvalue weighted by molar-refractivity contribution is -0.135. The Balaban J connectivity index is 1.56. The van der Waals surface area contributed by atoms with Gasteiger partial charge in [0, 0.05) is 88.0 Å². The molecule has 46 heavy (non-hydrogen) atoms. The molecule has 1 aliphatic heterocycles. The second-order valence-electron chi connectivity index (χ2n) is 12.5. The molecule has 2 atom stereocenters. The van der Waals surface area contributed by atoms with Crippen LogP contribution in [-0.2, 0) is 33.7 Å². The summed E-state index contributed by atoms with van der Waals surface area (Å²) in [5, 5.41) is 5.81. The first-order valence-electron chi connectivity index (χ1n) is 15.7. The number of amides is 1. The molecule has 0 aliphatic carbocycles. The normalized spacial score (nSPS) is 15.2. The fourth-order valence-corrected chi connectivity index (χ4v) is 7.53. The second kappa shape index (κ2) is 14.7. The number of hydrazine groups is 1. The van der Waals surface area contributed by atoms with E-state index in [1.807, 2.05) is 13.0 Å². The van der Waals surface area contributed by atoms with Crippen molar-refractivity contribution in [3.8, 4) is 22.5 Å². The minimum Gasteiger partial charge on any atom is -0.470 e. The Morgan fingerprint density at radius 1 is 1.22 bits per heavy atom. The standard InChI is InChI=1S/C34H41N5O4SSi2/c1-6-38-27-12-11-22(26-19-44-29(37-26)17-28(45)32(40)39-15-8-7-14-36-39)16-24(27)25(18-34(3,4)20-43-33(41)46)31(38)23-10-9-13-35-30(23)21(2)42-5/h9-13,16,19,21,28,36H,6-8,14-15,17-18,20H2,1-5H3/t21-,28-/m0/s1. The zero-order valence-corrected chi connectivity index (χ0v) is 30.0. The maximum absolute atomic E-state index is 13.0. The van der Waals surface area contributed by atoms with Crippen molar-refractivity contribution in [1.29, 1.82) is 0 Å². The van der Waals surface area contributed by atoms with Gasteiger partial charge in [0.25, 0.3) is 5.59 Å². The molecule has 1 N–H and O–H groups in total. The first-order chi connectivity index (χ1) is 22.0. The molecule has 6 radical (unpaired) electrons. The predicted octanol–water partition coefficient (Wildman–Crippen LogP) is 6.05. The van der Waals surface area contributed by atoms with Crippen LogP contribution in [0.2, 0.25) is 5.54 Å². The Labute approximate surface area is 281 Å². The minimum atomic E-state index is -0.478. The van der Waals surface area contributed by atoms with Gasteiger partial charge in [-0.1, -0.05) is 19.9 Å². The maximum Gasteiger partial charge on any atom is 0.264 e. The van der Waals surface area contributed by atoms with Crippen LogP contribution in [0.15, 0.2) is 41.9 Å². The summed E-state index contributed by atoms with van der Waals surface area (Å²) in [6.07, 6.45) is 4.87. The van der Waals surface area contributed by atoms with Crippen LogP contribution in [0.25, 0.3) is 33.4 Å². The van der Waals surface area contributed by atoms with E-state index in [0.29, 0.717) is 12.8 Å². The van der Waals surface area contributed by atoms with Gasteiger partial charge in [-0.3, -0.25) is 19.6 Å². The van der Waals surface area contributed by atoms with E-state index >= 15 is 0 Å². The molecule has 0 spiro atoms. The van der Waals surface area contributed by atoms with Gasteiger partial charge in [0.15, 0.2) is 10.2 Å². The highest BCUT2D eigenvalue weighted by Crippen LogP contribution is 2.41. The number of nitrogens with zero attached hydrogens (tertiary/aromatic N) is 4. The van der Waals surface area contributed by atoms with E-state index in [1.165, 1.54) is 0 Å². The number of carbonyl (C=O) groups is 2. The average Bonchev–Trinajstić information content (AvgIpc) is 3.65. The summed E-state index contributed by atoms with van der Waals surface area (Å²) in [7, 11) is 8.34. The van der Waals surface area contributed by atoms with Gasteiger partial charge < -0.3 is 14.0 Å². The number of hydrogen-bond acceptors (Lipinski definition) is 8. The van der Waals surface area contributed by atoms with E-state index in [0.717, 1.165) is 82.2 Å². The third-order valence-electron chi connectivity index (χ3n) is 8.47. The van der Waals surface area contributed by atoms with Crippen LogP contribution in [-0.4, -0.2) is 78.3 Å². The molecule has 5 rings (SSSR count). The van der Waals surface area contributed by atoms with Crippen molar-refractivity contribution < 1.29 is 19.1 Å². The number of hydrogen-bond donors (Lipinski definition) is 1. The summed E-state index contributed by atoms with van der Waals surface area (Å²) in [5.74, 6) is 0.0401. The first kappa shape index (κ1) is 34.2. The molecule has 1 saturated heterocycles. The lowest BCUT2D eigenvalue weighted by Crippen LogP contribution is -2.48. The summed E-state index contributed by atoms with van der Waals surface area (Å²) >= 11 is 1.57. The number of aromatic nitrogens is 3. The lowest BCUT2D eigenvalue weighted by atomic mass is 9.84. The molecule has 1 aliphatic rings. The Morgan fingerprint density at radius 2 is 2.02 bits per heavy atom. The number of pyridine rings is 1. The van der Waals surface area contributed by atoms with Crippen LogP contribution in [0.3, 0.4) is 0 Å². The van der Waals surface area contributed by atoms with Crippen molar-refractivity contribution >= 4 is 54.2 Å². The SMILES string of the molecule is CCn1c(-c2cccnc2[C@H](C)OC)c(CC(C)(C)COC(=O)[Si])c2cc(-c3csc(C[C@H]([Si])C(=O)N4CCCCN4)n3)ccc21. The lowest BCUT2D eigenvalue weighted by Gasteiger charge is -2.29. The van der Waals surface area contributed by atoms with Crippen LogP contribution in [0.5, 0.6) is 0 Å². The maximum atomic E-state index is 13.0. The van der Waals surface area contributed by atoms with E-state index in [2.05, 4.69) is 80.9 Å². The molecule has 12 heteroatoms. The molecule has 9 nitrogen and oxygen atoms in total. The molecule has 0 bridgehead atoms. The number of fused-ring (bicyclic) bond motifs is 1. The van der Waals surface area contributed by atoms with Crippen LogP contribution in [0.4, 0.5) is 4.79 Å². The molecule has 1 aromatic carbocycles. The quantitative estimate of drug-likeness (QED) is 0.183. The van der Waals surface area contributed by atoms with Gasteiger partial charge in [0.05, 0.1) is 34.8 Å². The molecule has 4 aromatic rings. The van der Waals surface area contributed by atoms with Crippen molar-refractivity contribution in [2.45, 2.75) is 71.6 Å². The number of rotatable bonds is 12. The molecular weight excluding hydrogens is 631 g/mol. The Hall–Kier alpha value is -3.17. The summed E-state index contributed by atoms with van der Waals surface area (Å²) in [4.78, 5) is 34.3. The predicted molar refractivity (Wildman–Crippen MR) is 184 cm³/mol. The molecule has 0 saturated carbocycles. The average molecular weight is 672 g/mol. The highest BCUT2D eigenvalue weighted by atomic mass is 32.1. The molecule has 1 fully saturated rings. The van der Waals surface area contributed by atoms with Crippen LogP contribution in [0, 0.1) is 5.41 Å². The summed E-state index contributed by atoms with van der Waals surface area (Å²) < 4.78 is 13.5. The van der Waals surface area contributed by atoms with Crippen molar-refractivity contribution in [3.63, 3.8) is 0 Å². The third-order valence-corrected chi connectivity index (χ3v) is 9.93. The Bertz CT molecular complexity index is 1700. The number of ether oxygens (including phenoxy) is 2. The van der Waals surface area contributed by atoms with E-state index in [-0.39, 0.29) is 29.6 Å². The third kappa shape index (κ3) is 7.52. The minimum absolute atomic E-state index is 0.0401. The fraction of sp³-hybridized carbons (Fsp3) is 0.471. The topological polar surface area (TPSA) is 98.6 Å². The summed E-state index contributed by atoms with van der Waals surface area (Å²) in [6.45, 7) is 10.9. The largest absolute Gasteiger partial charge is 0.470 e. The number of carbonyl (C=O) groups excluding carboxylic acids is 2. The highest BCUT2D eigenvalue weighted by Gasteiger charge is 2.29. The number of nitrogens with one attached hydrogen (secondary N) is 1. The fourth-order valence-electron chi connectivity index (χ4n) is 6.11. The molecule has 240 valence electrons. The van der Waals surface area contributed by atoms with Gasteiger partial charge in [-0.25, -0.2) is 10.4 Å². The van der Waals surface area contributed by atoms with Gasteiger partial charge in [0.2, 0.25) is 5.91 Å². The Kier molecular flexibility index (Phi) is 10.9. The number of thiazole rings is 1. The zero-order valence-electron chi connectivity index (χ0n) is 27.2. The second-order valence-corrected chi connectivity index (χ2v) is 14.6. The summed E-state index contributed by atoms with van der Waals surface area (Å²) in [6, 6.07) is 10.6. The van der Waals surface area contributed by atoms with E-state index in [1.54, 1.807) is 29.7 Å². The van der Waals surface area contributed by atoms with Crippen molar-refractivity contribution in [1.82, 2.24) is 25.0 Å². The Morgan fingerprint density at radius 3 is 2.72 bits per heavy atom. The van der Waals surface area contributed by atoms with Crippen LogP contribution >= 0.6 is 11.3 Å². The number of methoxy groups -OCH3 is 1. The van der Waals surface area contributed by atoms with Crippen LogP contribution < -0.4 is 5.43 Å². The number of aryl methyl sites for hydroxylation is 1. The van der Waals surface area contributed by atoms with Crippen molar-refractivity contribution in [3.05, 3.63) is 58.2 Å². The van der Waals surface area contributed by atoms with Gasteiger partial charge >= 0.3 is 0 Å². The molecule has 1 amide bonds. The first-order valence-corrected chi connectivity index (χ1v) is 17.7. The van der Waals surface area contributed by atoms with Gasteiger partial charge in [0.1, 0.15) is 0 Å². The number of benzene rings is 1. The smallest absolute Gasteiger partial charge is 0.264 e. The van der Waals surface area contributed by atoms with E-state index in [4.69, 9.17) is 19.4 Å². The molecule has 3 aromatic heterocycles. The van der Waals surface area contributed by atoms with Crippen LogP contribution in [0.1, 0.15) is 62.9 Å². The van der Waals surface area contributed by atoms with Crippen molar-refractivity contribution in [2.75, 3.05) is 26.8 Å². The zero-order chi connectivity index (χ0) is 33.0. The van der Waals surface area contributed by atoms with Gasteiger partial charge in [-0.05, 0) is 62.9 Å². The van der Waals surface area contributed by atoms with Gasteiger partial charge in [-0.2, -0.15) is 0 Å². The highest BCUT2D eigenvalue weighted by molar-refractivity contribution is 7.10. The van der Waals surface area contributed by atoms with E-state index < -0.39 is 5.59 Å².